The summed E-state index contributed by atoms with van der Waals surface area (Å²) in [5, 5.41) is 14.6. The van der Waals surface area contributed by atoms with E-state index in [1.54, 1.807) is 14.2 Å². The van der Waals surface area contributed by atoms with Gasteiger partial charge < -0.3 is 19.1 Å². The Bertz CT molecular complexity index is 714. The number of aliphatic hydroxyl groups is 1. The molecule has 0 saturated carbocycles. The normalized spacial score (nSPS) is 17.8. The molecule has 2 aromatic rings. The van der Waals surface area contributed by atoms with Gasteiger partial charge in [0.2, 0.25) is 5.89 Å². The molecule has 1 aliphatic rings. The van der Waals surface area contributed by atoms with E-state index >= 15 is 0 Å². The van der Waals surface area contributed by atoms with Gasteiger partial charge in [0.15, 0.2) is 5.82 Å². The summed E-state index contributed by atoms with van der Waals surface area (Å²) >= 11 is 0. The number of fused-ring (bicyclic) bond motifs is 1. The molecule has 3 rings (SSSR count). The molecule has 130 valence electrons. The Kier molecular flexibility index (Phi) is 4.73. The first-order chi connectivity index (χ1) is 11.5. The smallest absolute Gasteiger partial charge is 0.240 e. The van der Waals surface area contributed by atoms with Crippen LogP contribution in [-0.2, 0) is 13.1 Å². The summed E-state index contributed by atoms with van der Waals surface area (Å²) in [6.07, 6.45) is -0.661. The summed E-state index contributed by atoms with van der Waals surface area (Å²) in [6, 6.07) is 3.68. The molecule has 24 heavy (non-hydrogen) atoms. The largest absolute Gasteiger partial charge is 0.496 e. The average molecular weight is 333 g/mol. The predicted molar refractivity (Wildman–Crippen MR) is 87.0 cm³/mol. The molecule has 0 amide bonds. The summed E-state index contributed by atoms with van der Waals surface area (Å²) in [4.78, 5) is 6.47. The summed E-state index contributed by atoms with van der Waals surface area (Å²) in [6.45, 7) is 5.61. The van der Waals surface area contributed by atoms with E-state index in [9.17, 15) is 5.11 Å². The fraction of sp³-hybridized carbons (Fsp3) is 0.529. The third-order valence-electron chi connectivity index (χ3n) is 4.22. The molecule has 0 spiro atoms. The minimum absolute atomic E-state index is 0.222. The van der Waals surface area contributed by atoms with Crippen molar-refractivity contribution in [3.05, 3.63) is 35.0 Å². The number of hydrogen-bond acceptors (Lipinski definition) is 7. The first kappa shape index (κ1) is 16.7. The topological polar surface area (TPSA) is 80.9 Å². The van der Waals surface area contributed by atoms with E-state index in [1.165, 1.54) is 0 Å². The highest BCUT2D eigenvalue weighted by Gasteiger charge is 2.30. The maximum atomic E-state index is 10.6. The second-order valence-electron chi connectivity index (χ2n) is 6.25. The van der Waals surface area contributed by atoms with Crippen LogP contribution in [0.3, 0.4) is 0 Å². The molecule has 1 atom stereocenters. The number of aliphatic hydroxyl groups excluding tert-OH is 1. The minimum Gasteiger partial charge on any atom is -0.496 e. The Morgan fingerprint density at radius 3 is 2.62 bits per heavy atom. The zero-order valence-corrected chi connectivity index (χ0v) is 14.4. The Morgan fingerprint density at radius 1 is 1.29 bits per heavy atom. The quantitative estimate of drug-likeness (QED) is 0.899. The third-order valence-corrected chi connectivity index (χ3v) is 4.22. The molecule has 0 fully saturated rings. The highest BCUT2D eigenvalue weighted by atomic mass is 16.5. The lowest BCUT2D eigenvalue weighted by molar-refractivity contribution is 0.0779. The second kappa shape index (κ2) is 6.78. The maximum absolute atomic E-state index is 10.6. The van der Waals surface area contributed by atoms with Crippen LogP contribution in [0.25, 0.3) is 0 Å². The summed E-state index contributed by atoms with van der Waals surface area (Å²) in [5.74, 6) is 2.89. The number of β-amino-alcohol motifs (C(OH)–C–C–N with tert-alkyl or cyclic N) is 1. The van der Waals surface area contributed by atoms with Gasteiger partial charge in [0, 0.05) is 30.1 Å². The first-order valence-corrected chi connectivity index (χ1v) is 8.00. The molecule has 1 aliphatic heterocycles. The lowest BCUT2D eigenvalue weighted by Gasteiger charge is -2.33. The molecule has 0 saturated heterocycles. The second-order valence-corrected chi connectivity index (χ2v) is 6.25. The van der Waals surface area contributed by atoms with Crippen LogP contribution in [0.5, 0.6) is 11.5 Å². The number of methoxy groups -OCH3 is 2. The molecule has 1 aromatic heterocycles. The molecular weight excluding hydrogens is 310 g/mol. The van der Waals surface area contributed by atoms with Gasteiger partial charge in [-0.3, -0.25) is 4.90 Å². The number of nitrogens with zero attached hydrogens (tertiary/aromatic N) is 3. The van der Waals surface area contributed by atoms with Crippen molar-refractivity contribution in [1.82, 2.24) is 15.0 Å². The van der Waals surface area contributed by atoms with Gasteiger partial charge in [0.05, 0.1) is 26.9 Å². The highest BCUT2D eigenvalue weighted by Crippen LogP contribution is 2.39. The van der Waals surface area contributed by atoms with Crippen molar-refractivity contribution < 1.29 is 19.1 Å². The lowest BCUT2D eigenvalue weighted by atomic mass is 9.95. The molecule has 1 N–H and O–H groups in total. The Hall–Kier alpha value is -2.12. The Morgan fingerprint density at radius 2 is 2.00 bits per heavy atom. The van der Waals surface area contributed by atoms with Crippen LogP contribution >= 0.6 is 0 Å². The van der Waals surface area contributed by atoms with Crippen molar-refractivity contribution in [2.45, 2.75) is 39.0 Å². The zero-order valence-electron chi connectivity index (χ0n) is 14.4. The van der Waals surface area contributed by atoms with Crippen molar-refractivity contribution in [2.24, 2.45) is 0 Å². The van der Waals surface area contributed by atoms with Crippen molar-refractivity contribution in [3.63, 3.8) is 0 Å². The number of aromatic nitrogens is 2. The van der Waals surface area contributed by atoms with Crippen LogP contribution in [0, 0.1) is 0 Å². The molecule has 7 nitrogen and oxygen atoms in total. The van der Waals surface area contributed by atoms with Crippen LogP contribution in [0.1, 0.15) is 48.7 Å². The van der Waals surface area contributed by atoms with Crippen molar-refractivity contribution >= 4 is 0 Å². The number of rotatable bonds is 5. The van der Waals surface area contributed by atoms with Gasteiger partial charge in [-0.05, 0) is 12.1 Å². The van der Waals surface area contributed by atoms with Crippen molar-refractivity contribution in [2.75, 3.05) is 20.8 Å². The summed E-state index contributed by atoms with van der Waals surface area (Å²) in [5.41, 5.74) is 1.72. The molecule has 0 aliphatic carbocycles. The monoisotopic (exact) mass is 333 g/mol. The molecule has 0 radical (unpaired) electrons. The minimum atomic E-state index is -0.661. The molecular formula is C17H23N3O4. The third kappa shape index (κ3) is 3.09. The Balaban J connectivity index is 1.85. The van der Waals surface area contributed by atoms with Crippen molar-refractivity contribution in [1.29, 1.82) is 0 Å². The summed E-state index contributed by atoms with van der Waals surface area (Å²) < 4.78 is 16.2. The first-order valence-electron chi connectivity index (χ1n) is 8.00. The van der Waals surface area contributed by atoms with Gasteiger partial charge in [0.1, 0.15) is 11.5 Å². The van der Waals surface area contributed by atoms with E-state index in [1.807, 2.05) is 26.0 Å². The standard InChI is InChI=1S/C17H23N3O4/c1-10(2)17-18-15(24-19-17)9-20-7-11-13(22-3)5-6-14(23-4)16(11)12(21)8-20/h5-6,10,12,21H,7-9H2,1-4H3/t12-/m1/s1. The number of benzene rings is 1. The summed E-state index contributed by atoms with van der Waals surface area (Å²) in [7, 11) is 3.23. The molecule has 7 heteroatoms. The van der Waals surface area contributed by atoms with E-state index < -0.39 is 6.10 Å². The van der Waals surface area contributed by atoms with Crippen LogP contribution in [0.2, 0.25) is 0 Å². The molecule has 1 aromatic carbocycles. The van der Waals surface area contributed by atoms with Gasteiger partial charge in [0.25, 0.3) is 0 Å². The van der Waals surface area contributed by atoms with Gasteiger partial charge >= 0.3 is 0 Å². The zero-order chi connectivity index (χ0) is 17.3. The fourth-order valence-electron chi connectivity index (χ4n) is 3.02. The molecule has 0 bridgehead atoms. The van der Waals surface area contributed by atoms with E-state index in [0.717, 1.165) is 16.9 Å². The number of hydrogen-bond donors (Lipinski definition) is 1. The molecule has 2 heterocycles. The highest BCUT2D eigenvalue weighted by molar-refractivity contribution is 5.51. The van der Waals surface area contributed by atoms with Crippen LogP contribution in [0.15, 0.2) is 16.7 Å². The van der Waals surface area contributed by atoms with Gasteiger partial charge in [-0.1, -0.05) is 19.0 Å². The average Bonchev–Trinajstić information content (AvgIpc) is 3.02. The Labute approximate surface area is 141 Å². The maximum Gasteiger partial charge on any atom is 0.240 e. The SMILES string of the molecule is COc1ccc(OC)c2c1CN(Cc1nc(C(C)C)no1)C[C@H]2O. The van der Waals surface area contributed by atoms with E-state index in [2.05, 4.69) is 15.0 Å². The van der Waals surface area contributed by atoms with E-state index in [0.29, 0.717) is 37.1 Å². The van der Waals surface area contributed by atoms with Crippen LogP contribution in [0.4, 0.5) is 0 Å². The van der Waals surface area contributed by atoms with E-state index in [4.69, 9.17) is 14.0 Å². The lowest BCUT2D eigenvalue weighted by Crippen LogP contribution is -2.33. The van der Waals surface area contributed by atoms with Crippen molar-refractivity contribution in [3.8, 4) is 11.5 Å². The fourth-order valence-corrected chi connectivity index (χ4v) is 3.02. The predicted octanol–water partition coefficient (Wildman–Crippen LogP) is 2.26. The van der Waals surface area contributed by atoms with E-state index in [-0.39, 0.29) is 5.92 Å². The van der Waals surface area contributed by atoms with Gasteiger partial charge in [-0.25, -0.2) is 0 Å². The van der Waals surface area contributed by atoms with Gasteiger partial charge in [-0.2, -0.15) is 4.98 Å². The van der Waals surface area contributed by atoms with Crippen LogP contribution < -0.4 is 9.47 Å². The van der Waals surface area contributed by atoms with Gasteiger partial charge in [-0.15, -0.1) is 0 Å². The van der Waals surface area contributed by atoms with Crippen LogP contribution in [-0.4, -0.2) is 40.9 Å². The molecule has 0 unspecified atom stereocenters. The number of ether oxygens (including phenoxy) is 2.